The van der Waals surface area contributed by atoms with E-state index in [1.165, 1.54) is 15.8 Å². The molecule has 2 aromatic heterocycles. The Balaban J connectivity index is 1.86. The van der Waals surface area contributed by atoms with Gasteiger partial charge in [-0.3, -0.25) is 0 Å². The van der Waals surface area contributed by atoms with E-state index in [9.17, 15) is 0 Å². The fourth-order valence-corrected chi connectivity index (χ4v) is 3.64. The van der Waals surface area contributed by atoms with Gasteiger partial charge < -0.3 is 0 Å². The Morgan fingerprint density at radius 1 is 1.17 bits per heavy atom. The van der Waals surface area contributed by atoms with Gasteiger partial charge in [-0.05, 0) is 18.6 Å². The van der Waals surface area contributed by atoms with Crippen molar-refractivity contribution in [3.63, 3.8) is 0 Å². The summed E-state index contributed by atoms with van der Waals surface area (Å²) >= 11 is 3.50. The molecule has 0 N–H and O–H groups in total. The van der Waals surface area contributed by atoms with E-state index in [2.05, 4.69) is 47.2 Å². The molecule has 3 rings (SSSR count). The third-order valence-corrected chi connectivity index (χ3v) is 4.67. The first-order valence-electron chi connectivity index (χ1n) is 5.71. The molecule has 0 fully saturated rings. The Morgan fingerprint density at radius 3 is 2.83 bits per heavy atom. The molecule has 18 heavy (non-hydrogen) atoms. The van der Waals surface area contributed by atoms with Gasteiger partial charge in [0.2, 0.25) is 0 Å². The second kappa shape index (κ2) is 5.08. The average Bonchev–Trinajstić information content (AvgIpc) is 2.78. The minimum Gasteiger partial charge on any atom is -0.229 e. The van der Waals surface area contributed by atoms with Gasteiger partial charge in [0.1, 0.15) is 16.2 Å². The lowest BCUT2D eigenvalue weighted by Gasteiger charge is -2.01. The molecule has 0 amide bonds. The van der Waals surface area contributed by atoms with Crippen molar-refractivity contribution in [2.45, 2.75) is 17.7 Å². The maximum absolute atomic E-state index is 4.39. The van der Waals surface area contributed by atoms with Crippen LogP contribution >= 0.6 is 23.1 Å². The van der Waals surface area contributed by atoms with Crippen molar-refractivity contribution in [3.8, 4) is 0 Å². The Bertz CT molecular complexity index is 662. The van der Waals surface area contributed by atoms with Gasteiger partial charge in [-0.2, -0.15) is 0 Å². The highest BCUT2D eigenvalue weighted by atomic mass is 32.2. The summed E-state index contributed by atoms with van der Waals surface area (Å²) in [5.74, 6) is 0.946. The van der Waals surface area contributed by atoms with Crippen molar-refractivity contribution in [1.29, 1.82) is 0 Å². The summed E-state index contributed by atoms with van der Waals surface area (Å²) in [6.45, 7) is 2.11. The molecule has 0 spiro atoms. The van der Waals surface area contributed by atoms with Crippen LogP contribution in [0.3, 0.4) is 0 Å². The SMILES string of the molecule is Cc1cc2c(SCc3ccccc3)ncnc2s1. The highest BCUT2D eigenvalue weighted by Crippen LogP contribution is 2.31. The Hall–Kier alpha value is -1.39. The highest BCUT2D eigenvalue weighted by Gasteiger charge is 2.07. The van der Waals surface area contributed by atoms with E-state index in [1.807, 2.05) is 6.07 Å². The van der Waals surface area contributed by atoms with E-state index in [0.717, 1.165) is 15.6 Å². The van der Waals surface area contributed by atoms with E-state index in [-0.39, 0.29) is 0 Å². The number of hydrogen-bond donors (Lipinski definition) is 0. The number of fused-ring (bicyclic) bond motifs is 1. The molecule has 0 saturated carbocycles. The number of aryl methyl sites for hydroxylation is 1. The third-order valence-electron chi connectivity index (χ3n) is 2.63. The minimum absolute atomic E-state index is 0.946. The summed E-state index contributed by atoms with van der Waals surface area (Å²) in [6.07, 6.45) is 1.66. The fourth-order valence-electron chi connectivity index (χ4n) is 1.80. The molecule has 3 aromatic rings. The molecule has 0 saturated heterocycles. The first-order valence-corrected chi connectivity index (χ1v) is 7.51. The summed E-state index contributed by atoms with van der Waals surface area (Å²) < 4.78 is 0. The highest BCUT2D eigenvalue weighted by molar-refractivity contribution is 7.98. The van der Waals surface area contributed by atoms with Crippen LogP contribution in [0.4, 0.5) is 0 Å². The molecule has 0 unspecified atom stereocenters. The molecule has 0 bridgehead atoms. The number of rotatable bonds is 3. The van der Waals surface area contributed by atoms with Crippen molar-refractivity contribution in [1.82, 2.24) is 9.97 Å². The summed E-state index contributed by atoms with van der Waals surface area (Å²) in [5, 5.41) is 2.26. The standard InChI is InChI=1S/C14H12N2S2/c1-10-7-12-13(15-9-16-14(12)18-10)17-8-11-5-3-2-4-6-11/h2-7,9H,8H2,1H3. The molecule has 0 radical (unpaired) electrons. The zero-order valence-corrected chi connectivity index (χ0v) is 11.6. The number of benzene rings is 1. The molecule has 0 aliphatic heterocycles. The normalized spacial score (nSPS) is 10.9. The van der Waals surface area contributed by atoms with E-state index in [0.29, 0.717) is 0 Å². The van der Waals surface area contributed by atoms with Crippen molar-refractivity contribution in [2.24, 2.45) is 0 Å². The van der Waals surface area contributed by atoms with Crippen molar-refractivity contribution in [3.05, 3.63) is 53.2 Å². The van der Waals surface area contributed by atoms with Crippen LogP contribution in [0.15, 0.2) is 47.8 Å². The number of hydrogen-bond acceptors (Lipinski definition) is 4. The largest absolute Gasteiger partial charge is 0.229 e. The molecule has 0 aliphatic rings. The van der Waals surface area contributed by atoms with Crippen molar-refractivity contribution in [2.75, 3.05) is 0 Å². The third kappa shape index (κ3) is 2.40. The maximum Gasteiger partial charge on any atom is 0.128 e. The van der Waals surface area contributed by atoms with Gasteiger partial charge in [-0.25, -0.2) is 9.97 Å². The van der Waals surface area contributed by atoms with Crippen LogP contribution in [0.25, 0.3) is 10.2 Å². The molecular weight excluding hydrogens is 260 g/mol. The zero-order chi connectivity index (χ0) is 12.4. The Labute approximate surface area is 114 Å². The fraction of sp³-hybridized carbons (Fsp3) is 0.143. The van der Waals surface area contributed by atoms with E-state index < -0.39 is 0 Å². The molecular formula is C14H12N2S2. The average molecular weight is 272 g/mol. The topological polar surface area (TPSA) is 25.8 Å². The van der Waals surface area contributed by atoms with Gasteiger partial charge >= 0.3 is 0 Å². The van der Waals surface area contributed by atoms with E-state index >= 15 is 0 Å². The molecule has 90 valence electrons. The molecule has 4 heteroatoms. The molecule has 2 heterocycles. The summed E-state index contributed by atoms with van der Waals surface area (Å²) in [4.78, 5) is 11.1. The number of thiophene rings is 1. The zero-order valence-electron chi connectivity index (χ0n) is 9.96. The number of nitrogens with zero attached hydrogens (tertiary/aromatic N) is 2. The van der Waals surface area contributed by atoms with Crippen LogP contribution in [0.5, 0.6) is 0 Å². The van der Waals surface area contributed by atoms with E-state index in [1.54, 1.807) is 29.4 Å². The van der Waals surface area contributed by atoms with Gasteiger partial charge in [-0.1, -0.05) is 30.3 Å². The van der Waals surface area contributed by atoms with Gasteiger partial charge in [0, 0.05) is 16.0 Å². The Morgan fingerprint density at radius 2 is 2.00 bits per heavy atom. The van der Waals surface area contributed by atoms with Crippen LogP contribution in [-0.4, -0.2) is 9.97 Å². The van der Waals surface area contributed by atoms with Crippen LogP contribution in [0.2, 0.25) is 0 Å². The lowest BCUT2D eigenvalue weighted by atomic mass is 10.2. The van der Waals surface area contributed by atoms with E-state index in [4.69, 9.17) is 0 Å². The molecule has 1 aromatic carbocycles. The van der Waals surface area contributed by atoms with Gasteiger partial charge in [0.15, 0.2) is 0 Å². The maximum atomic E-state index is 4.39. The lowest BCUT2D eigenvalue weighted by molar-refractivity contribution is 1.11. The van der Waals surface area contributed by atoms with Crippen LogP contribution in [-0.2, 0) is 5.75 Å². The number of thioether (sulfide) groups is 1. The predicted octanol–water partition coefficient (Wildman–Crippen LogP) is 4.29. The summed E-state index contributed by atoms with van der Waals surface area (Å²) in [6, 6.07) is 12.6. The monoisotopic (exact) mass is 272 g/mol. The van der Waals surface area contributed by atoms with Gasteiger partial charge in [-0.15, -0.1) is 23.1 Å². The van der Waals surface area contributed by atoms with Crippen molar-refractivity contribution >= 4 is 33.3 Å². The quantitative estimate of drug-likeness (QED) is 0.525. The van der Waals surface area contributed by atoms with Gasteiger partial charge in [0.05, 0.1) is 0 Å². The summed E-state index contributed by atoms with van der Waals surface area (Å²) in [5.41, 5.74) is 1.32. The first-order chi connectivity index (χ1) is 8.83. The molecule has 0 aliphatic carbocycles. The van der Waals surface area contributed by atoms with Crippen LogP contribution < -0.4 is 0 Å². The Kier molecular flexibility index (Phi) is 3.30. The predicted molar refractivity (Wildman–Crippen MR) is 78.2 cm³/mol. The van der Waals surface area contributed by atoms with Gasteiger partial charge in [0.25, 0.3) is 0 Å². The van der Waals surface area contributed by atoms with Crippen molar-refractivity contribution < 1.29 is 0 Å². The molecule has 0 atom stereocenters. The summed E-state index contributed by atoms with van der Waals surface area (Å²) in [7, 11) is 0. The first kappa shape index (κ1) is 11.7. The second-order valence-electron chi connectivity index (χ2n) is 4.03. The minimum atomic E-state index is 0.946. The lowest BCUT2D eigenvalue weighted by Crippen LogP contribution is -1.85. The van der Waals surface area contributed by atoms with Crippen LogP contribution in [0, 0.1) is 6.92 Å². The smallest absolute Gasteiger partial charge is 0.128 e. The second-order valence-corrected chi connectivity index (χ2v) is 6.23. The molecule has 2 nitrogen and oxygen atoms in total. The number of aromatic nitrogens is 2. The van der Waals surface area contributed by atoms with Crippen LogP contribution in [0.1, 0.15) is 10.4 Å².